The molecule has 2 bridgehead atoms. The van der Waals surface area contributed by atoms with E-state index in [9.17, 15) is 18.0 Å². The first-order chi connectivity index (χ1) is 18.6. The second-order valence-corrected chi connectivity index (χ2v) is 12.9. The fraction of sp³-hybridized carbons (Fsp3) is 0.370. The first-order valence-electron chi connectivity index (χ1n) is 12.6. The molecular weight excluding hydrogens is 565 g/mol. The molecule has 3 aromatic rings. The van der Waals surface area contributed by atoms with Gasteiger partial charge in [0.1, 0.15) is 17.4 Å². The van der Waals surface area contributed by atoms with Gasteiger partial charge in [0.15, 0.2) is 5.76 Å². The average molecular weight is 590 g/mol. The molecule has 1 amide bonds. The van der Waals surface area contributed by atoms with Crippen molar-refractivity contribution < 1.29 is 27.3 Å². The number of carbonyl (C=O) groups excluding carboxylic acids is 2. The van der Waals surface area contributed by atoms with Gasteiger partial charge in [-0.05, 0) is 55.7 Å². The number of benzene rings is 2. The predicted octanol–water partition coefficient (Wildman–Crippen LogP) is 5.04. The highest BCUT2D eigenvalue weighted by Crippen LogP contribution is 2.47. The summed E-state index contributed by atoms with van der Waals surface area (Å²) >= 11 is 12.8. The van der Waals surface area contributed by atoms with Gasteiger partial charge in [0.05, 0.1) is 16.3 Å². The van der Waals surface area contributed by atoms with Crippen LogP contribution in [0.5, 0.6) is 0 Å². The first-order valence-corrected chi connectivity index (χ1v) is 15.3. The lowest BCUT2D eigenvalue weighted by molar-refractivity contribution is 0.0191. The molecule has 2 aromatic carbocycles. The minimum Gasteiger partial charge on any atom is -0.458 e. The monoisotopic (exact) mass is 589 g/mol. The quantitative estimate of drug-likeness (QED) is 0.381. The fourth-order valence-corrected chi connectivity index (χ4v) is 6.64. The lowest BCUT2D eigenvalue weighted by Gasteiger charge is -2.33. The van der Waals surface area contributed by atoms with E-state index in [1.807, 2.05) is 4.72 Å². The van der Waals surface area contributed by atoms with Crippen molar-refractivity contribution in [2.24, 2.45) is 5.92 Å². The van der Waals surface area contributed by atoms with E-state index in [0.29, 0.717) is 45.6 Å². The molecule has 2 aliphatic carbocycles. The minimum atomic E-state index is -3.64. The summed E-state index contributed by atoms with van der Waals surface area (Å²) in [6, 6.07) is 12.1. The van der Waals surface area contributed by atoms with Crippen molar-refractivity contribution >= 4 is 50.8 Å². The van der Waals surface area contributed by atoms with Crippen LogP contribution in [-0.4, -0.2) is 50.4 Å². The van der Waals surface area contributed by atoms with E-state index >= 15 is 0 Å². The molecule has 2 saturated carbocycles. The third kappa shape index (κ3) is 5.13. The van der Waals surface area contributed by atoms with Crippen molar-refractivity contribution in [1.82, 2.24) is 9.88 Å². The van der Waals surface area contributed by atoms with Crippen molar-refractivity contribution in [2.45, 2.75) is 43.7 Å². The first kappa shape index (κ1) is 26.2. The van der Waals surface area contributed by atoms with Crippen molar-refractivity contribution in [3.63, 3.8) is 0 Å². The zero-order valence-electron chi connectivity index (χ0n) is 20.9. The molecule has 204 valence electrons. The number of amides is 1. The van der Waals surface area contributed by atoms with Gasteiger partial charge < -0.3 is 14.2 Å². The Morgan fingerprint density at radius 3 is 2.36 bits per heavy atom. The molecular formula is C27H25Cl2N3O6S. The Morgan fingerprint density at radius 1 is 1.08 bits per heavy atom. The van der Waals surface area contributed by atoms with Crippen LogP contribution in [0.4, 0.5) is 5.69 Å². The molecule has 12 heteroatoms. The molecule has 0 radical (unpaired) electrons. The third-order valence-electron chi connectivity index (χ3n) is 7.54. The average Bonchev–Trinajstić information content (AvgIpc) is 3.32. The van der Waals surface area contributed by atoms with Gasteiger partial charge in [0.2, 0.25) is 10.0 Å². The second-order valence-electron chi connectivity index (χ2n) is 10.4. The van der Waals surface area contributed by atoms with Crippen LogP contribution in [0, 0.1) is 5.92 Å². The number of ether oxygens (including phenoxy) is 1. The molecule has 1 saturated heterocycles. The Kier molecular flexibility index (Phi) is 6.60. The third-order valence-corrected chi connectivity index (χ3v) is 8.73. The van der Waals surface area contributed by atoms with Crippen LogP contribution in [-0.2, 0) is 14.8 Å². The molecule has 3 fully saturated rings. The number of nitrogens with zero attached hydrogens (tertiary/aromatic N) is 2. The number of halogens is 2. The van der Waals surface area contributed by atoms with Crippen molar-refractivity contribution in [1.29, 1.82) is 0 Å². The number of rotatable bonds is 7. The molecule has 6 rings (SSSR count). The number of sulfonamides is 1. The summed E-state index contributed by atoms with van der Waals surface area (Å²) < 4.78 is 36.3. The van der Waals surface area contributed by atoms with Crippen LogP contribution in [0.1, 0.15) is 58.1 Å². The minimum absolute atomic E-state index is 0.132. The van der Waals surface area contributed by atoms with Crippen molar-refractivity contribution in [3.8, 4) is 11.3 Å². The number of esters is 1. The summed E-state index contributed by atoms with van der Waals surface area (Å²) in [7, 11) is -3.64. The van der Waals surface area contributed by atoms with Crippen LogP contribution in [0.15, 0.2) is 47.0 Å². The molecule has 1 aliphatic heterocycles. The van der Waals surface area contributed by atoms with Crippen LogP contribution in [0.2, 0.25) is 10.0 Å². The SMILES string of the molecule is CS(=O)(=O)NC(=O)c1ccc(N2CC3CC2CC3OC(=O)c2c(-c3c(Cl)cccc3Cl)noc2C2CC2)cc1. The highest BCUT2D eigenvalue weighted by Gasteiger charge is 2.47. The standard InChI is InChI=1S/C27H25Cl2N3O6S/c1-39(35,36)31-26(33)15-7-9-17(10-8-15)32-13-16-11-18(32)12-21(16)37-27(34)23-24(30-38-25(23)14-5-6-14)22-19(28)3-2-4-20(22)29/h2-4,7-10,14,16,18,21H,5-6,11-13H2,1H3,(H,31,33). The van der Waals surface area contributed by atoms with E-state index < -0.39 is 21.9 Å². The zero-order valence-corrected chi connectivity index (χ0v) is 23.2. The van der Waals surface area contributed by atoms with Gasteiger partial charge in [-0.3, -0.25) is 4.79 Å². The molecule has 3 aliphatic rings. The molecule has 3 unspecified atom stereocenters. The Bertz CT molecular complexity index is 1550. The van der Waals surface area contributed by atoms with Gasteiger partial charge in [-0.2, -0.15) is 0 Å². The lowest BCUT2D eigenvalue weighted by Crippen LogP contribution is -2.39. The van der Waals surface area contributed by atoms with Gasteiger partial charge in [-0.1, -0.05) is 34.4 Å². The van der Waals surface area contributed by atoms with Crippen molar-refractivity contribution in [2.75, 3.05) is 17.7 Å². The van der Waals surface area contributed by atoms with Gasteiger partial charge in [0.25, 0.3) is 5.91 Å². The highest BCUT2D eigenvalue weighted by atomic mass is 35.5. The number of aromatic nitrogens is 1. The van der Waals surface area contributed by atoms with E-state index in [1.165, 1.54) is 0 Å². The highest BCUT2D eigenvalue weighted by molar-refractivity contribution is 7.89. The van der Waals surface area contributed by atoms with Gasteiger partial charge in [-0.15, -0.1) is 0 Å². The Labute approximate surface area is 235 Å². The smallest absolute Gasteiger partial charge is 0.344 e. The normalized spacial score (nSPS) is 22.2. The predicted molar refractivity (Wildman–Crippen MR) is 146 cm³/mol. The molecule has 2 heterocycles. The van der Waals surface area contributed by atoms with E-state index in [2.05, 4.69) is 10.1 Å². The van der Waals surface area contributed by atoms with Crippen molar-refractivity contribution in [3.05, 3.63) is 69.4 Å². The maximum absolute atomic E-state index is 13.6. The van der Waals surface area contributed by atoms with E-state index in [-0.39, 0.29) is 29.5 Å². The molecule has 9 nitrogen and oxygen atoms in total. The molecule has 3 atom stereocenters. The number of anilines is 1. The summed E-state index contributed by atoms with van der Waals surface area (Å²) in [5.41, 5.74) is 2.25. The molecule has 1 aromatic heterocycles. The second kappa shape index (κ2) is 9.83. The fourth-order valence-electron chi connectivity index (χ4n) is 5.61. The number of nitrogens with one attached hydrogen (secondary N) is 1. The Balaban J connectivity index is 1.16. The molecule has 1 N–H and O–H groups in total. The number of hydrogen-bond donors (Lipinski definition) is 1. The molecule has 39 heavy (non-hydrogen) atoms. The van der Waals surface area contributed by atoms with Gasteiger partial charge in [0, 0.05) is 47.7 Å². The van der Waals surface area contributed by atoms with Crippen LogP contribution in [0.3, 0.4) is 0 Å². The Morgan fingerprint density at radius 2 is 1.77 bits per heavy atom. The summed E-state index contributed by atoms with van der Waals surface area (Å²) in [5, 5.41) is 4.94. The van der Waals surface area contributed by atoms with Gasteiger partial charge >= 0.3 is 5.97 Å². The van der Waals surface area contributed by atoms with Crippen LogP contribution in [0.25, 0.3) is 11.3 Å². The summed E-state index contributed by atoms with van der Waals surface area (Å²) in [6.07, 6.45) is 4.06. The Hall–Kier alpha value is -3.08. The summed E-state index contributed by atoms with van der Waals surface area (Å²) in [4.78, 5) is 27.9. The maximum Gasteiger partial charge on any atom is 0.344 e. The lowest BCUT2D eigenvalue weighted by atomic mass is 10.0. The van der Waals surface area contributed by atoms with Crippen LogP contribution < -0.4 is 9.62 Å². The maximum atomic E-state index is 13.6. The number of fused-ring (bicyclic) bond motifs is 2. The number of piperidine rings is 1. The van der Waals surface area contributed by atoms with E-state index in [4.69, 9.17) is 32.5 Å². The summed E-state index contributed by atoms with van der Waals surface area (Å²) in [6.45, 7) is 0.694. The number of carbonyl (C=O) groups is 2. The van der Waals surface area contributed by atoms with E-state index in [1.54, 1.807) is 42.5 Å². The molecule has 0 spiro atoms. The topological polar surface area (TPSA) is 119 Å². The largest absolute Gasteiger partial charge is 0.458 e. The number of hydrogen-bond acceptors (Lipinski definition) is 8. The van der Waals surface area contributed by atoms with Crippen LogP contribution >= 0.6 is 23.2 Å². The van der Waals surface area contributed by atoms with Gasteiger partial charge in [-0.25, -0.2) is 17.9 Å². The van der Waals surface area contributed by atoms with E-state index in [0.717, 1.165) is 31.2 Å². The summed E-state index contributed by atoms with van der Waals surface area (Å²) in [5.74, 6) is -0.349. The zero-order chi connectivity index (χ0) is 27.5.